The summed E-state index contributed by atoms with van der Waals surface area (Å²) in [6.07, 6.45) is 9.97. The van der Waals surface area contributed by atoms with Gasteiger partial charge in [0.25, 0.3) is 0 Å². The van der Waals surface area contributed by atoms with Gasteiger partial charge in [-0.25, -0.2) is 0 Å². The van der Waals surface area contributed by atoms with Gasteiger partial charge in [0, 0.05) is 0 Å². The van der Waals surface area contributed by atoms with Gasteiger partial charge in [0.2, 0.25) is 0 Å². The fourth-order valence-electron chi connectivity index (χ4n) is 3.29. The van der Waals surface area contributed by atoms with Crippen molar-refractivity contribution in [2.45, 2.75) is 25.7 Å². The maximum Gasteiger partial charge on any atom is -0.0199 e. The lowest BCUT2D eigenvalue weighted by molar-refractivity contribution is 0.381. The molecule has 2 unspecified atom stereocenters. The molecule has 0 aromatic rings. The van der Waals surface area contributed by atoms with Crippen molar-refractivity contribution in [2.24, 2.45) is 23.7 Å². The molecule has 0 heteroatoms. The minimum absolute atomic E-state index is 0.792. The van der Waals surface area contributed by atoms with Crippen molar-refractivity contribution in [1.82, 2.24) is 0 Å². The molecule has 4 atom stereocenters. The van der Waals surface area contributed by atoms with E-state index in [1.165, 1.54) is 25.7 Å². The Bertz CT molecular complexity index is 172. The molecule has 0 aromatic heterocycles. The van der Waals surface area contributed by atoms with Crippen LogP contribution in [0.3, 0.4) is 0 Å². The molecule has 0 aliphatic heterocycles. The van der Waals surface area contributed by atoms with E-state index in [0.29, 0.717) is 0 Å². The Morgan fingerprint density at radius 3 is 1.83 bits per heavy atom. The molecule has 0 saturated heterocycles. The predicted octanol–water partition coefficient (Wildman–Crippen LogP) is 3.41. The van der Waals surface area contributed by atoms with E-state index in [4.69, 9.17) is 0 Å². The summed E-state index contributed by atoms with van der Waals surface area (Å²) in [6, 6.07) is 0. The zero-order chi connectivity index (χ0) is 8.55. The number of hydrogen-bond acceptors (Lipinski definition) is 0. The van der Waals surface area contributed by atoms with Crippen molar-refractivity contribution in [3.63, 3.8) is 0 Å². The maximum absolute atomic E-state index is 3.94. The Hall–Kier alpha value is -0.520. The van der Waals surface area contributed by atoms with Crippen LogP contribution in [0.2, 0.25) is 0 Å². The third-order valence-corrected chi connectivity index (χ3v) is 3.87. The highest BCUT2D eigenvalue weighted by Crippen LogP contribution is 2.51. The first kappa shape index (κ1) is 8.10. The van der Waals surface area contributed by atoms with Crippen molar-refractivity contribution in [3.8, 4) is 0 Å². The average molecular weight is 162 g/mol. The molecule has 0 aromatic carbocycles. The first-order chi connectivity index (χ1) is 5.86. The van der Waals surface area contributed by atoms with Gasteiger partial charge in [0.15, 0.2) is 0 Å². The van der Waals surface area contributed by atoms with Crippen LogP contribution >= 0.6 is 0 Å². The van der Waals surface area contributed by atoms with Crippen LogP contribution in [-0.4, -0.2) is 0 Å². The maximum atomic E-state index is 3.94. The molecule has 0 radical (unpaired) electrons. The van der Waals surface area contributed by atoms with Crippen molar-refractivity contribution in [3.05, 3.63) is 25.3 Å². The summed E-state index contributed by atoms with van der Waals surface area (Å²) >= 11 is 0. The van der Waals surface area contributed by atoms with Gasteiger partial charge in [0.1, 0.15) is 0 Å². The second-order valence-electron chi connectivity index (χ2n) is 4.29. The molecular formula is C12H18. The number of rotatable bonds is 2. The summed E-state index contributed by atoms with van der Waals surface area (Å²) in [5.74, 6) is 3.48. The fourth-order valence-corrected chi connectivity index (χ4v) is 3.29. The third-order valence-electron chi connectivity index (χ3n) is 3.87. The first-order valence-electron chi connectivity index (χ1n) is 5.12. The Kier molecular flexibility index (Phi) is 2.08. The zero-order valence-electron chi connectivity index (χ0n) is 7.71. The summed E-state index contributed by atoms with van der Waals surface area (Å²) in [6.45, 7) is 7.88. The molecule has 2 fully saturated rings. The van der Waals surface area contributed by atoms with Gasteiger partial charge < -0.3 is 0 Å². The minimum atomic E-state index is 0.792. The summed E-state index contributed by atoms with van der Waals surface area (Å²) in [4.78, 5) is 0. The molecule has 2 aliphatic rings. The number of hydrogen-bond donors (Lipinski definition) is 0. The van der Waals surface area contributed by atoms with Crippen molar-refractivity contribution in [2.75, 3.05) is 0 Å². The van der Waals surface area contributed by atoms with Crippen LogP contribution in [0.5, 0.6) is 0 Å². The van der Waals surface area contributed by atoms with Crippen LogP contribution in [0.25, 0.3) is 0 Å². The number of allylic oxidation sites excluding steroid dienone is 2. The second kappa shape index (κ2) is 3.08. The van der Waals surface area contributed by atoms with Crippen LogP contribution in [0.15, 0.2) is 25.3 Å². The van der Waals surface area contributed by atoms with Crippen LogP contribution in [0.1, 0.15) is 25.7 Å². The molecule has 12 heavy (non-hydrogen) atoms. The van der Waals surface area contributed by atoms with E-state index in [9.17, 15) is 0 Å². The fraction of sp³-hybridized carbons (Fsp3) is 0.667. The quantitative estimate of drug-likeness (QED) is 0.546. The standard InChI is InChI=1S/C12H18/c1-3-9-8-10(4-2)12-7-5-6-11(9)12/h3-4,9-12H,1-2,5-8H2/t9-,10+,11?,12?. The van der Waals surface area contributed by atoms with Crippen LogP contribution in [0.4, 0.5) is 0 Å². The Balaban J connectivity index is 2.15. The highest BCUT2D eigenvalue weighted by Gasteiger charge is 2.42. The summed E-state index contributed by atoms with van der Waals surface area (Å²) in [5, 5.41) is 0. The van der Waals surface area contributed by atoms with E-state index in [1.807, 2.05) is 0 Å². The molecule has 0 nitrogen and oxygen atoms in total. The van der Waals surface area contributed by atoms with Gasteiger partial charge in [-0.15, -0.1) is 13.2 Å². The van der Waals surface area contributed by atoms with E-state index in [0.717, 1.165) is 23.7 Å². The summed E-state index contributed by atoms with van der Waals surface area (Å²) in [5.41, 5.74) is 0. The lowest BCUT2D eigenvalue weighted by Crippen LogP contribution is -2.08. The van der Waals surface area contributed by atoms with E-state index < -0.39 is 0 Å². The normalized spacial score (nSPS) is 45.7. The molecule has 0 amide bonds. The van der Waals surface area contributed by atoms with Crippen LogP contribution in [-0.2, 0) is 0 Å². The van der Waals surface area contributed by atoms with Gasteiger partial charge in [0.05, 0.1) is 0 Å². The van der Waals surface area contributed by atoms with E-state index in [2.05, 4.69) is 25.3 Å². The molecular weight excluding hydrogens is 144 g/mol. The predicted molar refractivity (Wildman–Crippen MR) is 52.8 cm³/mol. The smallest absolute Gasteiger partial charge is 0.0199 e. The Labute approximate surface area is 75.4 Å². The SMILES string of the molecule is C=C[C@@H]1C[C@H](C=C)C2CCCC21. The Morgan fingerprint density at radius 1 is 0.917 bits per heavy atom. The van der Waals surface area contributed by atoms with Gasteiger partial charge in [-0.3, -0.25) is 0 Å². The second-order valence-corrected chi connectivity index (χ2v) is 4.29. The van der Waals surface area contributed by atoms with E-state index in [-0.39, 0.29) is 0 Å². The lowest BCUT2D eigenvalue weighted by atomic mass is 9.90. The molecule has 0 heterocycles. The molecule has 0 N–H and O–H groups in total. The summed E-state index contributed by atoms with van der Waals surface area (Å²) in [7, 11) is 0. The van der Waals surface area contributed by atoms with Crippen LogP contribution in [0, 0.1) is 23.7 Å². The Morgan fingerprint density at radius 2 is 1.42 bits per heavy atom. The lowest BCUT2D eigenvalue weighted by Gasteiger charge is -2.14. The number of fused-ring (bicyclic) bond motifs is 1. The molecule has 2 saturated carbocycles. The highest BCUT2D eigenvalue weighted by molar-refractivity contribution is 5.04. The average Bonchev–Trinajstić information content (AvgIpc) is 2.63. The molecule has 2 rings (SSSR count). The first-order valence-corrected chi connectivity index (χ1v) is 5.12. The van der Waals surface area contributed by atoms with Gasteiger partial charge in [-0.05, 0) is 42.9 Å². The topological polar surface area (TPSA) is 0 Å². The summed E-state index contributed by atoms with van der Waals surface area (Å²) < 4.78 is 0. The van der Waals surface area contributed by atoms with Gasteiger partial charge in [-0.1, -0.05) is 18.6 Å². The van der Waals surface area contributed by atoms with Gasteiger partial charge in [-0.2, -0.15) is 0 Å². The van der Waals surface area contributed by atoms with Crippen molar-refractivity contribution >= 4 is 0 Å². The third kappa shape index (κ3) is 1.05. The zero-order valence-corrected chi connectivity index (χ0v) is 7.71. The van der Waals surface area contributed by atoms with Crippen molar-refractivity contribution in [1.29, 1.82) is 0 Å². The molecule has 0 bridgehead atoms. The van der Waals surface area contributed by atoms with E-state index >= 15 is 0 Å². The molecule has 66 valence electrons. The molecule has 2 aliphatic carbocycles. The monoisotopic (exact) mass is 162 g/mol. The minimum Gasteiger partial charge on any atom is -0.103 e. The molecule has 0 spiro atoms. The van der Waals surface area contributed by atoms with Crippen molar-refractivity contribution < 1.29 is 0 Å². The van der Waals surface area contributed by atoms with Gasteiger partial charge >= 0.3 is 0 Å². The highest BCUT2D eigenvalue weighted by atomic mass is 14.5. The largest absolute Gasteiger partial charge is 0.103 e. The van der Waals surface area contributed by atoms with Crippen LogP contribution < -0.4 is 0 Å². The van der Waals surface area contributed by atoms with E-state index in [1.54, 1.807) is 0 Å².